The lowest BCUT2D eigenvalue weighted by molar-refractivity contribution is -0.154. The van der Waals surface area contributed by atoms with Crippen molar-refractivity contribution in [2.24, 2.45) is 52.3 Å². The van der Waals surface area contributed by atoms with E-state index in [1.807, 2.05) is 0 Å². The molecule has 0 aromatic heterocycles. The van der Waals surface area contributed by atoms with E-state index in [-0.39, 0.29) is 16.7 Å². The third-order valence-corrected chi connectivity index (χ3v) is 11.0. The Hall–Kier alpha value is -0.0400. The smallest absolute Gasteiger partial charge is 0.136 e. The monoisotopic (exact) mass is 420 g/mol. The second-order valence-electron chi connectivity index (χ2n) is 12.5. The number of fused-ring (bicyclic) bond motifs is 5. The molecule has 9 atom stereocenters. The molecule has 4 aliphatic carbocycles. The van der Waals surface area contributed by atoms with Crippen LogP contribution in [0.25, 0.3) is 0 Å². The van der Waals surface area contributed by atoms with Crippen molar-refractivity contribution in [2.75, 3.05) is 0 Å². The molecule has 2 heteroatoms. The maximum atomic E-state index is 13.3. The van der Waals surface area contributed by atoms with Crippen LogP contribution in [0.2, 0.25) is 0 Å². The van der Waals surface area contributed by atoms with Gasteiger partial charge in [0.2, 0.25) is 0 Å². The summed E-state index contributed by atoms with van der Waals surface area (Å²) in [6.45, 7) is 12.3. The molecule has 0 unspecified atom stereocenters. The summed E-state index contributed by atoms with van der Waals surface area (Å²) in [5.74, 6) is 5.57. The van der Waals surface area contributed by atoms with E-state index in [0.717, 1.165) is 48.9 Å². The van der Waals surface area contributed by atoms with Crippen LogP contribution in [-0.2, 0) is 4.79 Å². The fraction of sp³-hybridized carbons (Fsp3) is 0.963. The van der Waals surface area contributed by atoms with Gasteiger partial charge in [-0.3, -0.25) is 4.79 Å². The van der Waals surface area contributed by atoms with Gasteiger partial charge in [-0.1, -0.05) is 53.9 Å². The van der Waals surface area contributed by atoms with E-state index in [1.165, 1.54) is 51.4 Å². The lowest BCUT2D eigenvalue weighted by Gasteiger charge is -2.60. The van der Waals surface area contributed by atoms with Crippen LogP contribution in [0.1, 0.15) is 105 Å². The SMILES string of the molecule is CC(C)CCC[C@@H](C)[C@@H]1CC[C@@H]2[C@@H]3CC(=O)[C@H]4C[C@H](Cl)CC[C@]4(C)[C@@H]3CC[C@@]21C. The first-order valence-corrected chi connectivity index (χ1v) is 13.3. The molecule has 0 bridgehead atoms. The van der Waals surface area contributed by atoms with Gasteiger partial charge in [0.25, 0.3) is 0 Å². The number of carbonyl (C=O) groups excluding carboxylic acids is 1. The topological polar surface area (TPSA) is 17.1 Å². The normalized spacial score (nSPS) is 48.2. The molecule has 0 aliphatic heterocycles. The lowest BCUT2D eigenvalue weighted by Crippen LogP contribution is -2.56. The minimum atomic E-state index is 0.227. The Bertz CT molecular complexity index is 614. The molecule has 0 spiro atoms. The van der Waals surface area contributed by atoms with Gasteiger partial charge in [0.1, 0.15) is 5.78 Å². The molecule has 4 fully saturated rings. The van der Waals surface area contributed by atoms with E-state index in [0.29, 0.717) is 17.1 Å². The van der Waals surface area contributed by atoms with Crippen molar-refractivity contribution in [1.29, 1.82) is 0 Å². The van der Waals surface area contributed by atoms with Gasteiger partial charge in [-0.15, -0.1) is 11.6 Å². The fourth-order valence-corrected chi connectivity index (χ4v) is 9.31. The molecule has 1 nitrogen and oxygen atoms in total. The van der Waals surface area contributed by atoms with Crippen LogP contribution in [0, 0.1) is 52.3 Å². The lowest BCUT2D eigenvalue weighted by atomic mass is 9.44. The molecule has 0 heterocycles. The van der Waals surface area contributed by atoms with Crippen LogP contribution >= 0.6 is 11.6 Å². The van der Waals surface area contributed by atoms with E-state index >= 15 is 0 Å². The zero-order chi connectivity index (χ0) is 21.0. The number of ketones is 1. The minimum Gasteiger partial charge on any atom is -0.299 e. The number of alkyl halides is 1. The molecule has 29 heavy (non-hydrogen) atoms. The first-order chi connectivity index (χ1) is 13.7. The van der Waals surface area contributed by atoms with Gasteiger partial charge in [-0.05, 0) is 91.3 Å². The van der Waals surface area contributed by atoms with Crippen molar-refractivity contribution < 1.29 is 4.79 Å². The molecule has 4 aliphatic rings. The van der Waals surface area contributed by atoms with E-state index in [9.17, 15) is 4.79 Å². The van der Waals surface area contributed by atoms with Gasteiger partial charge < -0.3 is 0 Å². The van der Waals surface area contributed by atoms with Gasteiger partial charge in [-0.25, -0.2) is 0 Å². The van der Waals surface area contributed by atoms with Crippen LogP contribution in [0.3, 0.4) is 0 Å². The van der Waals surface area contributed by atoms with Crippen molar-refractivity contribution in [3.63, 3.8) is 0 Å². The Morgan fingerprint density at radius 1 is 0.966 bits per heavy atom. The maximum absolute atomic E-state index is 13.3. The van der Waals surface area contributed by atoms with Gasteiger partial charge in [0.15, 0.2) is 0 Å². The van der Waals surface area contributed by atoms with E-state index in [4.69, 9.17) is 11.6 Å². The van der Waals surface area contributed by atoms with Crippen molar-refractivity contribution in [3.8, 4) is 0 Å². The minimum absolute atomic E-state index is 0.227. The average molecular weight is 421 g/mol. The van der Waals surface area contributed by atoms with Gasteiger partial charge in [0, 0.05) is 17.7 Å². The Balaban J connectivity index is 1.50. The molecular weight excluding hydrogens is 376 g/mol. The van der Waals surface area contributed by atoms with Crippen LogP contribution in [0.5, 0.6) is 0 Å². The summed E-state index contributed by atoms with van der Waals surface area (Å²) in [6.07, 6.45) is 13.8. The Morgan fingerprint density at radius 2 is 1.66 bits per heavy atom. The summed E-state index contributed by atoms with van der Waals surface area (Å²) < 4.78 is 0. The zero-order valence-corrected chi connectivity index (χ0v) is 20.4. The summed E-state index contributed by atoms with van der Waals surface area (Å²) in [5.41, 5.74) is 0.708. The van der Waals surface area contributed by atoms with Crippen molar-refractivity contribution in [1.82, 2.24) is 0 Å². The average Bonchev–Trinajstić information content (AvgIpc) is 3.00. The van der Waals surface area contributed by atoms with Crippen LogP contribution in [0.15, 0.2) is 0 Å². The Labute approximate surface area is 185 Å². The van der Waals surface area contributed by atoms with Gasteiger partial charge >= 0.3 is 0 Å². The third-order valence-electron chi connectivity index (χ3n) is 10.6. The summed E-state index contributed by atoms with van der Waals surface area (Å²) >= 11 is 6.51. The highest BCUT2D eigenvalue weighted by Gasteiger charge is 2.62. The number of rotatable bonds is 5. The van der Waals surface area contributed by atoms with Crippen molar-refractivity contribution in [2.45, 2.75) is 111 Å². The predicted molar refractivity (Wildman–Crippen MR) is 123 cm³/mol. The molecule has 4 saturated carbocycles. The summed E-state index contributed by atoms with van der Waals surface area (Å²) in [4.78, 5) is 13.3. The van der Waals surface area contributed by atoms with Crippen LogP contribution in [-0.4, -0.2) is 11.2 Å². The molecule has 0 amide bonds. The Morgan fingerprint density at radius 3 is 2.38 bits per heavy atom. The number of carbonyl (C=O) groups is 1. The van der Waals surface area contributed by atoms with Gasteiger partial charge in [0.05, 0.1) is 0 Å². The standard InChI is InChI=1S/C27H45ClO/c1-17(2)7-6-8-18(3)21-9-10-22-20-16-25(29)24-15-19(28)11-13-27(24,5)23(20)12-14-26(21,22)4/h17-24H,6-16H2,1-5H3/t18-,19-,20+,21+,22-,23-,24-,26-,27-/m1/s1. The molecule has 4 rings (SSSR count). The molecule has 0 aromatic carbocycles. The number of halogens is 1. The maximum Gasteiger partial charge on any atom is 0.136 e. The highest BCUT2D eigenvalue weighted by Crippen LogP contribution is 2.68. The van der Waals surface area contributed by atoms with Crippen molar-refractivity contribution >= 4 is 17.4 Å². The molecular formula is C27H45ClO. The highest BCUT2D eigenvalue weighted by atomic mass is 35.5. The first kappa shape index (κ1) is 22.2. The zero-order valence-electron chi connectivity index (χ0n) is 19.7. The molecule has 0 aromatic rings. The quantitative estimate of drug-likeness (QED) is 0.413. The molecule has 0 radical (unpaired) electrons. The second kappa shape index (κ2) is 8.14. The summed E-state index contributed by atoms with van der Waals surface area (Å²) in [6, 6.07) is 0. The molecule has 166 valence electrons. The number of hydrogen-bond acceptors (Lipinski definition) is 1. The fourth-order valence-electron chi connectivity index (χ4n) is 9.02. The van der Waals surface area contributed by atoms with Crippen LogP contribution in [0.4, 0.5) is 0 Å². The third kappa shape index (κ3) is 3.74. The summed E-state index contributed by atoms with van der Waals surface area (Å²) in [7, 11) is 0. The van der Waals surface area contributed by atoms with E-state index in [1.54, 1.807) is 0 Å². The summed E-state index contributed by atoms with van der Waals surface area (Å²) in [5, 5.41) is 0.227. The number of Topliss-reactive ketones (excluding diaryl/α,β-unsaturated/α-hetero) is 1. The second-order valence-corrected chi connectivity index (χ2v) is 13.1. The molecule has 0 N–H and O–H groups in total. The highest BCUT2D eigenvalue weighted by molar-refractivity contribution is 6.20. The first-order valence-electron chi connectivity index (χ1n) is 12.8. The van der Waals surface area contributed by atoms with Crippen molar-refractivity contribution in [3.05, 3.63) is 0 Å². The van der Waals surface area contributed by atoms with Gasteiger partial charge in [-0.2, -0.15) is 0 Å². The van der Waals surface area contributed by atoms with E-state index < -0.39 is 0 Å². The molecule has 0 saturated heterocycles. The van der Waals surface area contributed by atoms with Crippen LogP contribution < -0.4 is 0 Å². The predicted octanol–water partition coefficient (Wildman–Crippen LogP) is 7.89. The van der Waals surface area contributed by atoms with E-state index in [2.05, 4.69) is 34.6 Å². The largest absolute Gasteiger partial charge is 0.299 e. The number of hydrogen-bond donors (Lipinski definition) is 0. The Kier molecular flexibility index (Phi) is 6.22.